The zero-order chi connectivity index (χ0) is 17.8. The molecule has 0 fully saturated rings. The van der Waals surface area contributed by atoms with E-state index in [1.165, 1.54) is 0 Å². The SMILES string of the molecule is COc1ccc(CCNC(=O)c2c(-c3ccc(Cl)o3)noc2N)cc1. The molecule has 3 aromatic rings. The molecule has 0 aliphatic carbocycles. The first-order chi connectivity index (χ1) is 12.1. The molecular weight excluding hydrogens is 346 g/mol. The molecule has 2 heterocycles. The minimum Gasteiger partial charge on any atom is -0.497 e. The highest BCUT2D eigenvalue weighted by Crippen LogP contribution is 2.29. The molecule has 3 N–H and O–H groups in total. The molecule has 0 saturated carbocycles. The van der Waals surface area contributed by atoms with Gasteiger partial charge in [0.05, 0.1) is 7.11 Å². The highest BCUT2D eigenvalue weighted by Gasteiger charge is 2.24. The van der Waals surface area contributed by atoms with Crippen molar-refractivity contribution in [2.24, 2.45) is 0 Å². The average Bonchev–Trinajstić information content (AvgIpc) is 3.21. The maximum Gasteiger partial charge on any atom is 0.259 e. The molecule has 0 unspecified atom stereocenters. The van der Waals surface area contributed by atoms with Crippen LogP contribution >= 0.6 is 11.6 Å². The van der Waals surface area contributed by atoms with Gasteiger partial charge in [0.15, 0.2) is 16.7 Å². The number of halogens is 1. The summed E-state index contributed by atoms with van der Waals surface area (Å²) in [5.41, 5.74) is 7.13. The highest BCUT2D eigenvalue weighted by molar-refractivity contribution is 6.29. The van der Waals surface area contributed by atoms with E-state index in [1.54, 1.807) is 19.2 Å². The Morgan fingerprint density at radius 1 is 1.28 bits per heavy atom. The Bertz CT molecular complexity index is 870. The van der Waals surface area contributed by atoms with Gasteiger partial charge in [-0.25, -0.2) is 0 Å². The Morgan fingerprint density at radius 3 is 2.68 bits per heavy atom. The van der Waals surface area contributed by atoms with E-state index in [9.17, 15) is 4.79 Å². The number of benzene rings is 1. The monoisotopic (exact) mass is 361 g/mol. The second-order valence-electron chi connectivity index (χ2n) is 5.23. The Labute approximate surface area is 148 Å². The highest BCUT2D eigenvalue weighted by atomic mass is 35.5. The molecule has 130 valence electrons. The zero-order valence-corrected chi connectivity index (χ0v) is 14.2. The normalized spacial score (nSPS) is 10.6. The third-order valence-corrected chi connectivity index (χ3v) is 3.81. The lowest BCUT2D eigenvalue weighted by Crippen LogP contribution is -2.26. The summed E-state index contributed by atoms with van der Waals surface area (Å²) in [6.45, 7) is 0.425. The van der Waals surface area contributed by atoms with E-state index in [2.05, 4.69) is 10.5 Å². The van der Waals surface area contributed by atoms with E-state index in [4.69, 9.17) is 31.0 Å². The number of aromatic nitrogens is 1. The lowest BCUT2D eigenvalue weighted by molar-refractivity contribution is 0.0955. The van der Waals surface area contributed by atoms with Gasteiger partial charge >= 0.3 is 0 Å². The van der Waals surface area contributed by atoms with Crippen molar-refractivity contribution in [1.82, 2.24) is 10.5 Å². The molecule has 7 nitrogen and oxygen atoms in total. The fourth-order valence-corrected chi connectivity index (χ4v) is 2.48. The number of carbonyl (C=O) groups excluding carboxylic acids is 1. The van der Waals surface area contributed by atoms with Crippen LogP contribution in [0.25, 0.3) is 11.5 Å². The number of carbonyl (C=O) groups is 1. The number of furan rings is 1. The largest absolute Gasteiger partial charge is 0.497 e. The average molecular weight is 362 g/mol. The summed E-state index contributed by atoms with van der Waals surface area (Å²) in [6, 6.07) is 10.8. The maximum absolute atomic E-state index is 12.4. The van der Waals surface area contributed by atoms with Crippen molar-refractivity contribution in [3.63, 3.8) is 0 Å². The quantitative estimate of drug-likeness (QED) is 0.699. The van der Waals surface area contributed by atoms with Crippen LogP contribution in [0.15, 0.2) is 45.3 Å². The van der Waals surface area contributed by atoms with Crippen molar-refractivity contribution in [3.8, 4) is 17.2 Å². The molecule has 3 rings (SSSR count). The van der Waals surface area contributed by atoms with Crippen molar-refractivity contribution in [2.45, 2.75) is 6.42 Å². The van der Waals surface area contributed by atoms with Gasteiger partial charge in [-0.15, -0.1) is 0 Å². The number of ether oxygens (including phenoxy) is 1. The standard InChI is InChI=1S/C17H16ClN3O4/c1-23-11-4-2-10(3-5-11)8-9-20-17(22)14-15(21-25-16(14)19)12-6-7-13(18)24-12/h2-7H,8-9,19H2,1H3,(H,20,22). The summed E-state index contributed by atoms with van der Waals surface area (Å²) >= 11 is 5.76. The summed E-state index contributed by atoms with van der Waals surface area (Å²) in [5, 5.41) is 6.76. The van der Waals surface area contributed by atoms with Crippen molar-refractivity contribution in [3.05, 3.63) is 52.7 Å². The molecule has 0 atom stereocenters. The topological polar surface area (TPSA) is 104 Å². The van der Waals surface area contributed by atoms with Crippen LogP contribution in [0.5, 0.6) is 5.75 Å². The molecule has 1 aromatic carbocycles. The van der Waals surface area contributed by atoms with Crippen molar-refractivity contribution in [1.29, 1.82) is 0 Å². The van der Waals surface area contributed by atoms with Crippen molar-refractivity contribution < 1.29 is 18.5 Å². The predicted octanol–water partition coefficient (Wildman–Crippen LogP) is 3.15. The number of nitrogens with one attached hydrogen (secondary N) is 1. The van der Waals surface area contributed by atoms with Gasteiger partial charge in [-0.05, 0) is 47.9 Å². The van der Waals surface area contributed by atoms with Gasteiger partial charge in [-0.2, -0.15) is 0 Å². The summed E-state index contributed by atoms with van der Waals surface area (Å²) < 4.78 is 15.3. The van der Waals surface area contributed by atoms with Crippen molar-refractivity contribution in [2.75, 3.05) is 19.4 Å². The van der Waals surface area contributed by atoms with Crippen LogP contribution in [0, 0.1) is 0 Å². The second kappa shape index (κ2) is 7.31. The molecule has 25 heavy (non-hydrogen) atoms. The minimum atomic E-state index is -0.394. The van der Waals surface area contributed by atoms with Gasteiger partial charge in [0.1, 0.15) is 11.3 Å². The van der Waals surface area contributed by atoms with E-state index in [1.807, 2.05) is 24.3 Å². The number of hydrogen-bond donors (Lipinski definition) is 2. The second-order valence-corrected chi connectivity index (χ2v) is 5.60. The lowest BCUT2D eigenvalue weighted by Gasteiger charge is -2.06. The minimum absolute atomic E-state index is 0.0792. The molecule has 8 heteroatoms. The van der Waals surface area contributed by atoms with Gasteiger partial charge in [0.25, 0.3) is 5.91 Å². The van der Waals surface area contributed by atoms with Gasteiger partial charge in [0, 0.05) is 6.54 Å². The number of amides is 1. The maximum atomic E-state index is 12.4. The van der Waals surface area contributed by atoms with Crippen LogP contribution in [0.4, 0.5) is 5.88 Å². The third-order valence-electron chi connectivity index (χ3n) is 3.61. The number of nitrogens with two attached hydrogens (primary N) is 1. The molecule has 0 bridgehead atoms. The molecular formula is C17H16ClN3O4. The third kappa shape index (κ3) is 3.77. The van der Waals surface area contributed by atoms with Gasteiger partial charge in [-0.1, -0.05) is 17.3 Å². The number of nitrogens with zero attached hydrogens (tertiary/aromatic N) is 1. The summed E-state index contributed by atoms with van der Waals surface area (Å²) in [6.07, 6.45) is 0.656. The first-order valence-electron chi connectivity index (χ1n) is 7.50. The summed E-state index contributed by atoms with van der Waals surface area (Å²) in [7, 11) is 1.61. The van der Waals surface area contributed by atoms with Crippen LogP contribution in [0.3, 0.4) is 0 Å². The summed E-state index contributed by atoms with van der Waals surface area (Å²) in [4.78, 5) is 12.4. The molecule has 2 aromatic heterocycles. The molecule has 0 aliphatic heterocycles. The van der Waals surface area contributed by atoms with E-state index < -0.39 is 5.91 Å². The molecule has 0 radical (unpaired) electrons. The van der Waals surface area contributed by atoms with Crippen molar-refractivity contribution >= 4 is 23.4 Å². The van der Waals surface area contributed by atoms with Crippen LogP contribution in [-0.2, 0) is 6.42 Å². The van der Waals surface area contributed by atoms with E-state index in [-0.39, 0.29) is 22.4 Å². The molecule has 0 spiro atoms. The van der Waals surface area contributed by atoms with Gasteiger partial charge in [0.2, 0.25) is 5.88 Å². The fraction of sp³-hybridized carbons (Fsp3) is 0.176. The summed E-state index contributed by atoms with van der Waals surface area (Å²) in [5.74, 6) is 0.622. The Hall–Kier alpha value is -2.93. The van der Waals surface area contributed by atoms with Crippen LogP contribution in [-0.4, -0.2) is 24.7 Å². The first-order valence-corrected chi connectivity index (χ1v) is 7.88. The van der Waals surface area contributed by atoms with E-state index in [0.717, 1.165) is 11.3 Å². The Morgan fingerprint density at radius 2 is 2.04 bits per heavy atom. The van der Waals surface area contributed by atoms with Crippen LogP contribution in [0.1, 0.15) is 15.9 Å². The molecule has 0 aliphatic rings. The van der Waals surface area contributed by atoms with Crippen LogP contribution < -0.4 is 15.8 Å². The smallest absolute Gasteiger partial charge is 0.259 e. The molecule has 1 amide bonds. The Balaban J connectivity index is 1.66. The number of nitrogen functional groups attached to an aromatic ring is 1. The van der Waals surface area contributed by atoms with E-state index >= 15 is 0 Å². The zero-order valence-electron chi connectivity index (χ0n) is 13.4. The molecule has 0 saturated heterocycles. The fourth-order valence-electron chi connectivity index (χ4n) is 2.33. The number of methoxy groups -OCH3 is 1. The predicted molar refractivity (Wildman–Crippen MR) is 92.7 cm³/mol. The van der Waals surface area contributed by atoms with Gasteiger partial charge < -0.3 is 24.7 Å². The number of rotatable bonds is 6. The van der Waals surface area contributed by atoms with Crippen LogP contribution in [0.2, 0.25) is 5.22 Å². The number of anilines is 1. The van der Waals surface area contributed by atoms with Gasteiger partial charge in [-0.3, -0.25) is 4.79 Å². The first kappa shape index (κ1) is 16.9. The number of hydrogen-bond acceptors (Lipinski definition) is 6. The lowest BCUT2D eigenvalue weighted by atomic mass is 10.1. The Kier molecular flexibility index (Phi) is 4.95. The van der Waals surface area contributed by atoms with E-state index in [0.29, 0.717) is 18.7 Å².